The number of carboxylic acid groups (broad SMARTS) is 1. The second-order valence-electron chi connectivity index (χ2n) is 6.99. The maximum Gasteiger partial charge on any atom is 0.335 e. The van der Waals surface area contributed by atoms with Gasteiger partial charge in [0.15, 0.2) is 11.5 Å². The summed E-state index contributed by atoms with van der Waals surface area (Å²) < 4.78 is 18.4. The fraction of sp³-hybridized carbons (Fsp3) is 0.304. The van der Waals surface area contributed by atoms with Crippen LogP contribution in [-0.2, 0) is 6.54 Å². The largest absolute Gasteiger partial charge is 0.493 e. The molecule has 0 radical (unpaired) electrons. The molecule has 2 aromatic carbocycles. The molecular formula is C23H27N3O5. The molecule has 0 atom stereocenters. The van der Waals surface area contributed by atoms with Crippen LogP contribution >= 0.6 is 0 Å². The number of anilines is 1. The lowest BCUT2D eigenvalue weighted by atomic mass is 10.00. The van der Waals surface area contributed by atoms with Crippen LogP contribution in [0.5, 0.6) is 17.2 Å². The van der Waals surface area contributed by atoms with Crippen molar-refractivity contribution in [3.8, 4) is 28.4 Å². The van der Waals surface area contributed by atoms with E-state index >= 15 is 0 Å². The highest BCUT2D eigenvalue weighted by Gasteiger charge is 2.17. The van der Waals surface area contributed by atoms with Gasteiger partial charge in [-0.15, -0.1) is 0 Å². The van der Waals surface area contributed by atoms with Crippen molar-refractivity contribution in [2.24, 2.45) is 0 Å². The summed E-state index contributed by atoms with van der Waals surface area (Å²) in [6.07, 6.45) is 4.48. The van der Waals surface area contributed by atoms with Crippen LogP contribution in [0, 0.1) is 6.92 Å². The molecule has 2 N–H and O–H groups in total. The summed E-state index contributed by atoms with van der Waals surface area (Å²) in [6.45, 7) is 3.49. The molecule has 31 heavy (non-hydrogen) atoms. The molecule has 0 aliphatic heterocycles. The van der Waals surface area contributed by atoms with E-state index in [4.69, 9.17) is 14.2 Å². The highest BCUT2D eigenvalue weighted by Crippen LogP contribution is 2.42. The van der Waals surface area contributed by atoms with Crippen LogP contribution < -0.4 is 19.5 Å². The number of hydrogen-bond acceptors (Lipinski definition) is 6. The van der Waals surface area contributed by atoms with E-state index in [0.717, 1.165) is 35.5 Å². The number of nitrogens with one attached hydrogen (secondary N) is 1. The van der Waals surface area contributed by atoms with Crippen molar-refractivity contribution >= 4 is 11.7 Å². The summed E-state index contributed by atoms with van der Waals surface area (Å²) in [5, 5.41) is 12.8. The third kappa shape index (κ3) is 4.91. The van der Waals surface area contributed by atoms with Gasteiger partial charge in [0.05, 0.1) is 33.2 Å². The first-order valence-corrected chi connectivity index (χ1v) is 9.86. The Labute approximate surface area is 181 Å². The number of rotatable bonds is 10. The fourth-order valence-corrected chi connectivity index (χ4v) is 3.41. The highest BCUT2D eigenvalue weighted by atomic mass is 16.5. The van der Waals surface area contributed by atoms with Crippen molar-refractivity contribution in [3.05, 3.63) is 54.1 Å². The van der Waals surface area contributed by atoms with Crippen molar-refractivity contribution in [2.45, 2.75) is 19.9 Å². The molecule has 0 fully saturated rings. The Hall–Kier alpha value is -3.68. The Kier molecular flexibility index (Phi) is 7.02. The van der Waals surface area contributed by atoms with Gasteiger partial charge in [0, 0.05) is 36.2 Å². The molecule has 0 spiro atoms. The van der Waals surface area contributed by atoms with Crippen molar-refractivity contribution in [3.63, 3.8) is 0 Å². The molecule has 8 heteroatoms. The Bertz CT molecular complexity index is 1040. The van der Waals surface area contributed by atoms with Crippen LogP contribution in [0.1, 0.15) is 22.5 Å². The monoisotopic (exact) mass is 425 g/mol. The van der Waals surface area contributed by atoms with Gasteiger partial charge < -0.3 is 29.2 Å². The van der Waals surface area contributed by atoms with E-state index in [9.17, 15) is 9.90 Å². The lowest BCUT2D eigenvalue weighted by molar-refractivity contribution is 0.0697. The third-order valence-electron chi connectivity index (χ3n) is 5.05. The molecule has 1 heterocycles. The molecule has 1 aromatic heterocycles. The summed E-state index contributed by atoms with van der Waals surface area (Å²) in [5.74, 6) is 0.580. The number of ether oxygens (including phenoxy) is 3. The Balaban J connectivity index is 1.91. The average Bonchev–Trinajstić information content (AvgIpc) is 3.19. The zero-order chi connectivity index (χ0) is 22.4. The first-order valence-electron chi connectivity index (χ1n) is 9.86. The summed E-state index contributed by atoms with van der Waals surface area (Å²) in [4.78, 5) is 15.6. The minimum atomic E-state index is -0.978. The zero-order valence-electron chi connectivity index (χ0n) is 18.1. The van der Waals surface area contributed by atoms with E-state index in [0.29, 0.717) is 23.8 Å². The number of aromatic carboxylic acids is 1. The predicted octanol–water partition coefficient (Wildman–Crippen LogP) is 4.08. The number of aryl methyl sites for hydroxylation is 2. The van der Waals surface area contributed by atoms with E-state index in [1.165, 1.54) is 0 Å². The van der Waals surface area contributed by atoms with E-state index in [-0.39, 0.29) is 5.56 Å². The summed E-state index contributed by atoms with van der Waals surface area (Å²) in [6, 6.07) is 8.70. The Morgan fingerprint density at radius 2 is 1.81 bits per heavy atom. The maximum absolute atomic E-state index is 11.5. The van der Waals surface area contributed by atoms with E-state index in [2.05, 4.69) is 14.9 Å². The Morgan fingerprint density at radius 1 is 1.10 bits per heavy atom. The van der Waals surface area contributed by atoms with Crippen molar-refractivity contribution < 1.29 is 24.1 Å². The minimum Gasteiger partial charge on any atom is -0.493 e. The van der Waals surface area contributed by atoms with Crippen LogP contribution in [0.25, 0.3) is 11.1 Å². The smallest absolute Gasteiger partial charge is 0.335 e. The molecule has 0 bridgehead atoms. The van der Waals surface area contributed by atoms with Crippen LogP contribution in [0.4, 0.5) is 5.69 Å². The fourth-order valence-electron chi connectivity index (χ4n) is 3.41. The third-order valence-corrected chi connectivity index (χ3v) is 5.05. The molecule has 0 saturated carbocycles. The van der Waals surface area contributed by atoms with Gasteiger partial charge >= 0.3 is 5.97 Å². The van der Waals surface area contributed by atoms with Crippen LogP contribution in [0.2, 0.25) is 0 Å². The first-order chi connectivity index (χ1) is 15.0. The van der Waals surface area contributed by atoms with Gasteiger partial charge in [0.1, 0.15) is 0 Å². The van der Waals surface area contributed by atoms with Crippen molar-refractivity contribution in [1.82, 2.24) is 9.55 Å². The predicted molar refractivity (Wildman–Crippen MR) is 119 cm³/mol. The van der Waals surface area contributed by atoms with Gasteiger partial charge in [-0.05, 0) is 43.2 Å². The number of carboxylic acids is 1. The van der Waals surface area contributed by atoms with E-state index in [1.54, 1.807) is 39.5 Å². The zero-order valence-corrected chi connectivity index (χ0v) is 18.1. The Morgan fingerprint density at radius 3 is 2.35 bits per heavy atom. The number of methoxy groups -OCH3 is 3. The molecule has 0 aliphatic carbocycles. The summed E-state index contributed by atoms with van der Waals surface area (Å²) in [7, 11) is 4.67. The molecular weight excluding hydrogens is 398 g/mol. The second-order valence-corrected chi connectivity index (χ2v) is 6.99. The summed E-state index contributed by atoms with van der Waals surface area (Å²) >= 11 is 0. The van der Waals surface area contributed by atoms with Gasteiger partial charge in [-0.25, -0.2) is 9.78 Å². The van der Waals surface area contributed by atoms with Crippen LogP contribution in [0.3, 0.4) is 0 Å². The second kappa shape index (κ2) is 9.88. The molecule has 0 aliphatic rings. The van der Waals surface area contributed by atoms with E-state index in [1.807, 2.05) is 31.6 Å². The number of nitrogens with zero attached hydrogens (tertiary/aromatic N) is 2. The van der Waals surface area contributed by atoms with E-state index < -0.39 is 5.97 Å². The van der Waals surface area contributed by atoms with Gasteiger partial charge in [-0.3, -0.25) is 0 Å². The lowest BCUT2D eigenvalue weighted by Gasteiger charge is -2.17. The highest BCUT2D eigenvalue weighted by molar-refractivity contribution is 5.92. The summed E-state index contributed by atoms with van der Waals surface area (Å²) in [5.41, 5.74) is 3.69. The number of hydrogen-bond donors (Lipinski definition) is 2. The van der Waals surface area contributed by atoms with Crippen molar-refractivity contribution in [1.29, 1.82) is 0 Å². The van der Waals surface area contributed by atoms with Crippen molar-refractivity contribution in [2.75, 3.05) is 33.2 Å². The van der Waals surface area contributed by atoms with Gasteiger partial charge in [-0.2, -0.15) is 0 Å². The topological polar surface area (TPSA) is 94.8 Å². The minimum absolute atomic E-state index is 0.212. The van der Waals surface area contributed by atoms with Gasteiger partial charge in [-0.1, -0.05) is 6.07 Å². The molecule has 0 amide bonds. The number of carbonyl (C=O) groups is 1. The van der Waals surface area contributed by atoms with Crippen LogP contribution in [-0.4, -0.2) is 48.5 Å². The molecule has 164 valence electrons. The number of aromatic nitrogens is 2. The van der Waals surface area contributed by atoms with Gasteiger partial charge in [0.25, 0.3) is 0 Å². The first kappa shape index (κ1) is 22.0. The lowest BCUT2D eigenvalue weighted by Crippen LogP contribution is -2.09. The molecule has 0 unspecified atom stereocenters. The number of imidazole rings is 1. The molecule has 3 aromatic rings. The normalized spacial score (nSPS) is 10.6. The quantitative estimate of drug-likeness (QED) is 0.473. The molecule has 8 nitrogen and oxygen atoms in total. The number of benzene rings is 2. The van der Waals surface area contributed by atoms with Gasteiger partial charge in [0.2, 0.25) is 5.75 Å². The van der Waals surface area contributed by atoms with Crippen LogP contribution in [0.15, 0.2) is 42.9 Å². The standard InChI is InChI=1S/C23H27N3O5/c1-15-13-24-14-26(15)9-5-8-25-19-10-16(23(27)28)6-7-18(19)17-11-20(29-2)22(31-4)21(12-17)30-3/h6-7,10-14,25H,5,8-9H2,1-4H3,(H,27,28). The molecule has 3 rings (SSSR count). The molecule has 0 saturated heterocycles. The average molecular weight is 425 g/mol. The SMILES string of the molecule is COc1cc(-c2ccc(C(=O)O)cc2NCCCn2cncc2C)cc(OC)c1OC. The maximum atomic E-state index is 11.5.